The van der Waals surface area contributed by atoms with Crippen LogP contribution < -0.4 is 15.4 Å². The first kappa shape index (κ1) is 25.0. The van der Waals surface area contributed by atoms with Gasteiger partial charge >= 0.3 is 0 Å². The van der Waals surface area contributed by atoms with E-state index in [9.17, 15) is 22.8 Å². The summed E-state index contributed by atoms with van der Waals surface area (Å²) in [4.78, 5) is 38.0. The van der Waals surface area contributed by atoms with Crippen LogP contribution in [0.3, 0.4) is 0 Å². The Morgan fingerprint density at radius 1 is 1.06 bits per heavy atom. The van der Waals surface area contributed by atoms with E-state index >= 15 is 0 Å². The highest BCUT2D eigenvalue weighted by Gasteiger charge is 2.28. The second-order valence-electron chi connectivity index (χ2n) is 8.01. The van der Waals surface area contributed by atoms with E-state index in [0.717, 1.165) is 12.8 Å². The van der Waals surface area contributed by atoms with E-state index in [4.69, 9.17) is 0 Å². The number of carbonyl (C=O) groups is 3. The molecule has 0 aliphatic carbocycles. The largest absolute Gasteiger partial charge is 0.352 e. The molecule has 1 fully saturated rings. The molecule has 0 aromatic heterocycles. The molecule has 1 aliphatic rings. The van der Waals surface area contributed by atoms with Gasteiger partial charge in [-0.2, -0.15) is 0 Å². The number of hydrogen-bond acceptors (Lipinski definition) is 5. The fourth-order valence-electron chi connectivity index (χ4n) is 3.69. The predicted molar refractivity (Wildman–Crippen MR) is 130 cm³/mol. The SMILES string of the molecule is C=CCNC(=O)C1CCCN(C(=O)c2ccc(NS(=O)(=O)c3ccc(NC(C)=O)cc3)cc2)C1. The summed E-state index contributed by atoms with van der Waals surface area (Å²) in [6, 6.07) is 11.9. The number of amides is 3. The molecule has 3 rings (SSSR count). The van der Waals surface area contributed by atoms with E-state index in [0.29, 0.717) is 36.6 Å². The first-order valence-corrected chi connectivity index (χ1v) is 12.4. The summed E-state index contributed by atoms with van der Waals surface area (Å²) in [6.07, 6.45) is 3.07. The topological polar surface area (TPSA) is 125 Å². The zero-order chi connectivity index (χ0) is 24.7. The minimum atomic E-state index is -3.85. The van der Waals surface area contributed by atoms with Crippen molar-refractivity contribution >= 4 is 39.1 Å². The molecular weight excluding hydrogens is 456 g/mol. The molecule has 3 amide bonds. The maximum atomic E-state index is 12.9. The summed E-state index contributed by atoms with van der Waals surface area (Å²) in [5, 5.41) is 5.36. The van der Waals surface area contributed by atoms with Crippen LogP contribution in [-0.4, -0.2) is 50.7 Å². The van der Waals surface area contributed by atoms with Gasteiger partial charge in [-0.1, -0.05) is 6.08 Å². The standard InChI is InChI=1S/C24H28N4O5S/c1-3-14-25-23(30)19-5-4-15-28(16-19)24(31)18-6-8-21(9-7-18)27-34(32,33)22-12-10-20(11-13-22)26-17(2)29/h3,6-13,19,27H,1,4-5,14-16H2,2H3,(H,25,30)(H,26,29). The number of hydrogen-bond donors (Lipinski definition) is 3. The normalized spacial score (nSPS) is 15.8. The van der Waals surface area contributed by atoms with Crippen molar-refractivity contribution in [3.8, 4) is 0 Å². The van der Waals surface area contributed by atoms with Gasteiger partial charge in [0.15, 0.2) is 0 Å². The van der Waals surface area contributed by atoms with Gasteiger partial charge in [0, 0.05) is 43.5 Å². The molecule has 1 saturated heterocycles. The fraction of sp³-hybridized carbons (Fsp3) is 0.292. The highest BCUT2D eigenvalue weighted by atomic mass is 32.2. The second-order valence-corrected chi connectivity index (χ2v) is 9.69. The Morgan fingerprint density at radius 2 is 1.71 bits per heavy atom. The lowest BCUT2D eigenvalue weighted by molar-refractivity contribution is -0.126. The quantitative estimate of drug-likeness (QED) is 0.497. The molecule has 0 saturated carbocycles. The summed E-state index contributed by atoms with van der Waals surface area (Å²) in [6.45, 7) is 6.24. The number of piperidine rings is 1. The molecular formula is C24H28N4O5S. The van der Waals surface area contributed by atoms with Crippen molar-refractivity contribution in [1.29, 1.82) is 0 Å². The van der Waals surface area contributed by atoms with E-state index in [2.05, 4.69) is 21.9 Å². The molecule has 1 atom stereocenters. The number of carbonyl (C=O) groups excluding carboxylic acids is 3. The Labute approximate surface area is 199 Å². The van der Waals surface area contributed by atoms with Crippen molar-refractivity contribution in [2.75, 3.05) is 29.7 Å². The van der Waals surface area contributed by atoms with Crippen LogP contribution in [0.5, 0.6) is 0 Å². The molecule has 2 aromatic carbocycles. The molecule has 1 heterocycles. The van der Waals surface area contributed by atoms with Gasteiger partial charge in [0.25, 0.3) is 15.9 Å². The minimum absolute atomic E-state index is 0.0378. The lowest BCUT2D eigenvalue weighted by Crippen LogP contribution is -2.45. The molecule has 10 heteroatoms. The number of anilines is 2. The molecule has 1 aliphatic heterocycles. The Balaban J connectivity index is 1.64. The minimum Gasteiger partial charge on any atom is -0.352 e. The smallest absolute Gasteiger partial charge is 0.261 e. The van der Waals surface area contributed by atoms with Crippen LogP contribution in [0.25, 0.3) is 0 Å². The summed E-state index contributed by atoms with van der Waals surface area (Å²) < 4.78 is 27.8. The summed E-state index contributed by atoms with van der Waals surface area (Å²) in [7, 11) is -3.85. The third-order valence-electron chi connectivity index (χ3n) is 5.37. The van der Waals surface area contributed by atoms with E-state index in [1.807, 2.05) is 0 Å². The average Bonchev–Trinajstić information content (AvgIpc) is 2.82. The molecule has 180 valence electrons. The molecule has 9 nitrogen and oxygen atoms in total. The third kappa shape index (κ3) is 6.44. The Bertz CT molecular complexity index is 1160. The van der Waals surface area contributed by atoms with Crippen molar-refractivity contribution in [2.45, 2.75) is 24.7 Å². The van der Waals surface area contributed by atoms with Crippen LogP contribution in [0, 0.1) is 5.92 Å². The van der Waals surface area contributed by atoms with Crippen molar-refractivity contribution in [3.63, 3.8) is 0 Å². The third-order valence-corrected chi connectivity index (χ3v) is 6.77. The Kier molecular flexibility index (Phi) is 8.06. The van der Waals surface area contributed by atoms with Gasteiger partial charge in [0.1, 0.15) is 0 Å². The van der Waals surface area contributed by atoms with E-state index in [1.165, 1.54) is 43.3 Å². The summed E-state index contributed by atoms with van der Waals surface area (Å²) >= 11 is 0. The average molecular weight is 485 g/mol. The van der Waals surface area contributed by atoms with Crippen LogP contribution >= 0.6 is 0 Å². The van der Waals surface area contributed by atoms with Gasteiger partial charge in [0.2, 0.25) is 11.8 Å². The number of benzene rings is 2. The highest BCUT2D eigenvalue weighted by molar-refractivity contribution is 7.92. The predicted octanol–water partition coefficient (Wildman–Crippen LogP) is 2.60. The molecule has 3 N–H and O–H groups in total. The summed E-state index contributed by atoms with van der Waals surface area (Å²) in [5.74, 6) is -0.809. The first-order chi connectivity index (χ1) is 16.2. The second kappa shape index (κ2) is 11.0. The number of rotatable bonds is 8. The zero-order valence-corrected chi connectivity index (χ0v) is 19.7. The van der Waals surface area contributed by atoms with Gasteiger partial charge in [-0.3, -0.25) is 19.1 Å². The number of likely N-dealkylation sites (tertiary alicyclic amines) is 1. The number of sulfonamides is 1. The Hall–Kier alpha value is -3.66. The van der Waals surface area contributed by atoms with Gasteiger partial charge in [-0.25, -0.2) is 8.42 Å². The van der Waals surface area contributed by atoms with Crippen molar-refractivity contribution in [2.24, 2.45) is 5.92 Å². The van der Waals surface area contributed by atoms with Crippen molar-refractivity contribution < 1.29 is 22.8 Å². The molecule has 0 bridgehead atoms. The van der Waals surface area contributed by atoms with Crippen molar-refractivity contribution in [1.82, 2.24) is 10.2 Å². The molecule has 34 heavy (non-hydrogen) atoms. The van der Waals surface area contributed by atoms with Crippen LogP contribution in [0.2, 0.25) is 0 Å². The fourth-order valence-corrected chi connectivity index (χ4v) is 4.75. The lowest BCUT2D eigenvalue weighted by Gasteiger charge is -2.32. The zero-order valence-electron chi connectivity index (χ0n) is 18.9. The number of nitrogens with one attached hydrogen (secondary N) is 3. The molecule has 1 unspecified atom stereocenters. The van der Waals surface area contributed by atoms with Gasteiger partial charge in [-0.15, -0.1) is 6.58 Å². The van der Waals surface area contributed by atoms with Crippen LogP contribution in [0.15, 0.2) is 66.1 Å². The maximum absolute atomic E-state index is 12.9. The number of nitrogens with zero attached hydrogens (tertiary/aromatic N) is 1. The summed E-state index contributed by atoms with van der Waals surface area (Å²) in [5.41, 5.74) is 1.21. The van der Waals surface area contributed by atoms with Crippen molar-refractivity contribution in [3.05, 3.63) is 66.7 Å². The van der Waals surface area contributed by atoms with E-state index in [1.54, 1.807) is 23.1 Å². The molecule has 0 radical (unpaired) electrons. The highest BCUT2D eigenvalue weighted by Crippen LogP contribution is 2.22. The molecule has 0 spiro atoms. The monoisotopic (exact) mass is 484 g/mol. The van der Waals surface area contributed by atoms with Gasteiger partial charge in [0.05, 0.1) is 10.8 Å². The van der Waals surface area contributed by atoms with Gasteiger partial charge < -0.3 is 15.5 Å². The van der Waals surface area contributed by atoms with Crippen LogP contribution in [0.1, 0.15) is 30.1 Å². The van der Waals surface area contributed by atoms with Crippen LogP contribution in [-0.2, 0) is 19.6 Å². The van der Waals surface area contributed by atoms with E-state index < -0.39 is 10.0 Å². The van der Waals surface area contributed by atoms with Gasteiger partial charge in [-0.05, 0) is 61.4 Å². The Morgan fingerprint density at radius 3 is 2.32 bits per heavy atom. The first-order valence-electron chi connectivity index (χ1n) is 10.9. The maximum Gasteiger partial charge on any atom is 0.261 e. The van der Waals surface area contributed by atoms with Crippen LogP contribution in [0.4, 0.5) is 11.4 Å². The molecule has 2 aromatic rings. The lowest BCUT2D eigenvalue weighted by atomic mass is 9.96. The van der Waals surface area contributed by atoms with E-state index in [-0.39, 0.29) is 28.5 Å².